The summed E-state index contributed by atoms with van der Waals surface area (Å²) in [5, 5.41) is 9.06. The number of aliphatic carboxylic acids is 1. The van der Waals surface area contributed by atoms with Gasteiger partial charge in [-0.05, 0) is 52.9 Å². The second-order valence-electron chi connectivity index (χ2n) is 6.62. The Labute approximate surface area is 113 Å². The second-order valence-corrected chi connectivity index (χ2v) is 6.62. The third-order valence-electron chi connectivity index (χ3n) is 3.69. The van der Waals surface area contributed by atoms with E-state index in [1.165, 1.54) is 0 Å². The Morgan fingerprint density at radius 3 is 2.11 bits per heavy atom. The molecule has 2 aliphatic rings. The summed E-state index contributed by atoms with van der Waals surface area (Å²) in [6.45, 7) is 5.56. The van der Waals surface area contributed by atoms with E-state index in [1.807, 2.05) is 20.8 Å². The van der Waals surface area contributed by atoms with Crippen LogP contribution in [0.5, 0.6) is 0 Å². The summed E-state index contributed by atoms with van der Waals surface area (Å²) in [7, 11) is 0. The van der Waals surface area contributed by atoms with Gasteiger partial charge in [-0.3, -0.25) is 4.79 Å². The fraction of sp³-hybridized carbons (Fsp3) is 0.857. The van der Waals surface area contributed by atoms with E-state index in [2.05, 4.69) is 0 Å². The Morgan fingerprint density at radius 2 is 1.68 bits per heavy atom. The van der Waals surface area contributed by atoms with Crippen molar-refractivity contribution in [3.63, 3.8) is 0 Å². The molecule has 5 nitrogen and oxygen atoms in total. The quantitative estimate of drug-likeness (QED) is 0.855. The van der Waals surface area contributed by atoms with Gasteiger partial charge in [0.15, 0.2) is 0 Å². The summed E-state index contributed by atoms with van der Waals surface area (Å²) in [6, 6.07) is 0.288. The van der Waals surface area contributed by atoms with Crippen LogP contribution in [0.15, 0.2) is 0 Å². The average molecular weight is 269 g/mol. The van der Waals surface area contributed by atoms with Crippen molar-refractivity contribution in [1.29, 1.82) is 0 Å². The number of carboxylic acid groups (broad SMARTS) is 1. The summed E-state index contributed by atoms with van der Waals surface area (Å²) >= 11 is 0. The van der Waals surface area contributed by atoms with Crippen LogP contribution in [-0.2, 0) is 9.53 Å². The minimum Gasteiger partial charge on any atom is -0.481 e. The lowest BCUT2D eigenvalue weighted by Crippen LogP contribution is -2.44. The van der Waals surface area contributed by atoms with E-state index >= 15 is 0 Å². The second kappa shape index (κ2) is 5.02. The van der Waals surface area contributed by atoms with Crippen LogP contribution in [0.4, 0.5) is 4.79 Å². The Balaban J connectivity index is 2.01. The molecule has 0 heterocycles. The third kappa shape index (κ3) is 3.61. The van der Waals surface area contributed by atoms with Crippen LogP contribution in [0.1, 0.15) is 52.9 Å². The van der Waals surface area contributed by atoms with E-state index in [1.54, 1.807) is 4.90 Å². The number of carbonyl (C=O) groups excluding carboxylic acids is 1. The fourth-order valence-electron chi connectivity index (χ4n) is 2.70. The molecule has 2 unspecified atom stereocenters. The van der Waals surface area contributed by atoms with Gasteiger partial charge in [0.1, 0.15) is 5.60 Å². The molecule has 2 rings (SSSR count). The van der Waals surface area contributed by atoms with Crippen molar-refractivity contribution in [1.82, 2.24) is 4.90 Å². The first-order valence-electron chi connectivity index (χ1n) is 7.02. The molecule has 0 aromatic carbocycles. The van der Waals surface area contributed by atoms with Crippen LogP contribution in [0.2, 0.25) is 0 Å². The number of hydrogen-bond acceptors (Lipinski definition) is 3. The highest BCUT2D eigenvalue weighted by Gasteiger charge is 2.43. The van der Waals surface area contributed by atoms with Crippen LogP contribution in [0, 0.1) is 5.92 Å². The van der Waals surface area contributed by atoms with E-state index in [0.717, 1.165) is 19.3 Å². The van der Waals surface area contributed by atoms with Crippen molar-refractivity contribution < 1.29 is 19.4 Å². The SMILES string of the molecule is CC(C)(C)OC(=O)N(C1CC1)C1CCC(C(=O)O)C1. The van der Waals surface area contributed by atoms with Crippen molar-refractivity contribution in [3.05, 3.63) is 0 Å². The van der Waals surface area contributed by atoms with Crippen molar-refractivity contribution in [2.45, 2.75) is 70.6 Å². The molecule has 5 heteroatoms. The van der Waals surface area contributed by atoms with E-state index < -0.39 is 11.6 Å². The highest BCUT2D eigenvalue weighted by molar-refractivity contribution is 5.72. The van der Waals surface area contributed by atoms with Crippen molar-refractivity contribution in [2.24, 2.45) is 5.92 Å². The van der Waals surface area contributed by atoms with Crippen LogP contribution in [0.3, 0.4) is 0 Å². The standard InChI is InChI=1S/C14H23NO4/c1-14(2,3)19-13(18)15(10-6-7-10)11-5-4-9(8-11)12(16)17/h9-11H,4-8H2,1-3H3,(H,16,17). The molecule has 108 valence electrons. The molecule has 0 aromatic rings. The maximum absolute atomic E-state index is 12.3. The molecular weight excluding hydrogens is 246 g/mol. The Morgan fingerprint density at radius 1 is 1.11 bits per heavy atom. The number of carbonyl (C=O) groups is 2. The van der Waals surface area contributed by atoms with Gasteiger partial charge in [-0.2, -0.15) is 0 Å². The van der Waals surface area contributed by atoms with Gasteiger partial charge in [0.25, 0.3) is 0 Å². The summed E-state index contributed by atoms with van der Waals surface area (Å²) < 4.78 is 5.45. The molecule has 0 saturated heterocycles. The molecule has 19 heavy (non-hydrogen) atoms. The smallest absolute Gasteiger partial charge is 0.410 e. The number of amides is 1. The zero-order valence-corrected chi connectivity index (χ0v) is 11.9. The van der Waals surface area contributed by atoms with Crippen molar-refractivity contribution in [2.75, 3.05) is 0 Å². The lowest BCUT2D eigenvalue weighted by atomic mass is 10.1. The lowest BCUT2D eigenvalue weighted by molar-refractivity contribution is -0.141. The molecule has 1 amide bonds. The van der Waals surface area contributed by atoms with Gasteiger partial charge < -0.3 is 14.7 Å². The third-order valence-corrected chi connectivity index (χ3v) is 3.69. The first-order chi connectivity index (χ1) is 8.78. The highest BCUT2D eigenvalue weighted by atomic mass is 16.6. The van der Waals surface area contributed by atoms with Gasteiger partial charge in [0.2, 0.25) is 0 Å². The summed E-state index contributed by atoms with van der Waals surface area (Å²) in [5.74, 6) is -1.06. The molecular formula is C14H23NO4. The minimum absolute atomic E-state index is 0.0310. The summed E-state index contributed by atoms with van der Waals surface area (Å²) in [5.41, 5.74) is -0.505. The van der Waals surface area contributed by atoms with Crippen LogP contribution < -0.4 is 0 Å². The first-order valence-corrected chi connectivity index (χ1v) is 7.02. The van der Waals surface area contributed by atoms with Gasteiger partial charge >= 0.3 is 12.1 Å². The topological polar surface area (TPSA) is 66.8 Å². The Kier molecular flexibility index (Phi) is 3.74. The predicted molar refractivity (Wildman–Crippen MR) is 69.9 cm³/mol. The predicted octanol–water partition coefficient (Wildman–Crippen LogP) is 2.64. The molecule has 0 aromatic heterocycles. The summed E-state index contributed by atoms with van der Waals surface area (Å²) in [4.78, 5) is 25.1. The average Bonchev–Trinajstić information content (AvgIpc) is 2.92. The minimum atomic E-state index is -0.748. The monoisotopic (exact) mass is 269 g/mol. The van der Waals surface area contributed by atoms with Crippen molar-refractivity contribution in [3.8, 4) is 0 Å². The molecule has 0 aliphatic heterocycles. The summed E-state index contributed by atoms with van der Waals surface area (Å²) in [6.07, 6.45) is 3.72. The van der Waals surface area contributed by atoms with E-state index in [-0.39, 0.29) is 24.1 Å². The largest absolute Gasteiger partial charge is 0.481 e. The van der Waals surface area contributed by atoms with Gasteiger partial charge in [-0.15, -0.1) is 0 Å². The first kappa shape index (κ1) is 14.2. The fourth-order valence-corrected chi connectivity index (χ4v) is 2.70. The molecule has 2 saturated carbocycles. The number of ether oxygens (including phenoxy) is 1. The zero-order valence-electron chi connectivity index (χ0n) is 11.9. The maximum atomic E-state index is 12.3. The molecule has 1 N–H and O–H groups in total. The molecule has 2 fully saturated rings. The number of nitrogens with zero attached hydrogens (tertiary/aromatic N) is 1. The normalized spacial score (nSPS) is 27.1. The number of rotatable bonds is 3. The lowest BCUT2D eigenvalue weighted by Gasteiger charge is -2.31. The van der Waals surface area contributed by atoms with Crippen LogP contribution in [0.25, 0.3) is 0 Å². The zero-order chi connectivity index (χ0) is 14.2. The number of hydrogen-bond donors (Lipinski definition) is 1. The molecule has 0 spiro atoms. The van der Waals surface area contributed by atoms with Gasteiger partial charge in [-0.1, -0.05) is 0 Å². The maximum Gasteiger partial charge on any atom is 0.410 e. The van der Waals surface area contributed by atoms with E-state index in [9.17, 15) is 9.59 Å². The molecule has 0 radical (unpaired) electrons. The van der Waals surface area contributed by atoms with E-state index in [4.69, 9.17) is 9.84 Å². The Hall–Kier alpha value is -1.26. The Bertz CT molecular complexity index is 370. The highest BCUT2D eigenvalue weighted by Crippen LogP contribution is 2.37. The van der Waals surface area contributed by atoms with Gasteiger partial charge in [0.05, 0.1) is 5.92 Å². The van der Waals surface area contributed by atoms with Crippen LogP contribution >= 0.6 is 0 Å². The molecule has 2 aliphatic carbocycles. The number of carboxylic acids is 1. The molecule has 2 atom stereocenters. The van der Waals surface area contributed by atoms with Crippen LogP contribution in [-0.4, -0.2) is 39.8 Å². The van der Waals surface area contributed by atoms with Gasteiger partial charge in [0, 0.05) is 12.1 Å². The van der Waals surface area contributed by atoms with E-state index in [0.29, 0.717) is 12.8 Å². The molecule has 0 bridgehead atoms. The van der Waals surface area contributed by atoms with Crippen molar-refractivity contribution >= 4 is 12.1 Å². The van der Waals surface area contributed by atoms with Gasteiger partial charge in [-0.25, -0.2) is 4.79 Å².